The zero-order valence-electron chi connectivity index (χ0n) is 18.2. The number of hydrogen-bond donors (Lipinski definition) is 3. The fraction of sp³-hybridized carbons (Fsp3) is 0.400. The van der Waals surface area contributed by atoms with Crippen LogP contribution in [0.15, 0.2) is 54.6 Å². The van der Waals surface area contributed by atoms with Gasteiger partial charge in [0.25, 0.3) is 5.91 Å². The van der Waals surface area contributed by atoms with Crippen molar-refractivity contribution < 1.29 is 19.5 Å². The first kappa shape index (κ1) is 23.5. The number of nitrogens with two attached hydrogens (primary N) is 1. The molecule has 4 N–H and O–H groups in total. The van der Waals surface area contributed by atoms with Crippen LogP contribution in [-0.4, -0.2) is 53.5 Å². The Hall–Kier alpha value is -3.19. The maximum absolute atomic E-state index is 12.8. The molecular formula is C25H31N3O4. The number of likely N-dealkylation sites (tertiary alicyclic amines) is 1. The van der Waals surface area contributed by atoms with Gasteiger partial charge in [0.15, 0.2) is 0 Å². The smallest absolute Gasteiger partial charge is 0.304 e. The molecule has 2 aromatic rings. The van der Waals surface area contributed by atoms with E-state index in [4.69, 9.17) is 10.8 Å². The monoisotopic (exact) mass is 437 g/mol. The lowest BCUT2D eigenvalue weighted by atomic mass is 10.0. The van der Waals surface area contributed by atoms with Crippen LogP contribution in [0.2, 0.25) is 0 Å². The summed E-state index contributed by atoms with van der Waals surface area (Å²) < 4.78 is 0. The van der Waals surface area contributed by atoms with Gasteiger partial charge in [-0.2, -0.15) is 0 Å². The van der Waals surface area contributed by atoms with Crippen LogP contribution < -0.4 is 11.1 Å². The number of hydrogen-bond acceptors (Lipinski definition) is 4. The number of aliphatic carboxylic acids is 1. The molecule has 2 atom stereocenters. The molecule has 170 valence electrons. The number of carbonyl (C=O) groups excluding carboxylic acids is 2. The van der Waals surface area contributed by atoms with Crippen molar-refractivity contribution in [2.75, 3.05) is 19.6 Å². The lowest BCUT2D eigenvalue weighted by Crippen LogP contribution is -2.42. The van der Waals surface area contributed by atoms with Gasteiger partial charge in [-0.1, -0.05) is 42.5 Å². The van der Waals surface area contributed by atoms with E-state index in [-0.39, 0.29) is 24.3 Å². The number of nitrogens with zero attached hydrogens (tertiary/aromatic N) is 1. The number of rotatable bonds is 11. The quantitative estimate of drug-likeness (QED) is 0.499. The average Bonchev–Trinajstić information content (AvgIpc) is 3.07. The van der Waals surface area contributed by atoms with Gasteiger partial charge >= 0.3 is 5.97 Å². The third-order valence-electron chi connectivity index (χ3n) is 5.91. The van der Waals surface area contributed by atoms with E-state index in [0.717, 1.165) is 24.8 Å². The van der Waals surface area contributed by atoms with Gasteiger partial charge in [0.1, 0.15) is 0 Å². The van der Waals surface area contributed by atoms with Crippen molar-refractivity contribution in [1.29, 1.82) is 0 Å². The molecule has 7 nitrogen and oxygen atoms in total. The minimum Gasteiger partial charge on any atom is -0.481 e. The maximum Gasteiger partial charge on any atom is 0.304 e. The van der Waals surface area contributed by atoms with Gasteiger partial charge in [-0.05, 0) is 55.5 Å². The van der Waals surface area contributed by atoms with Crippen molar-refractivity contribution in [2.45, 2.75) is 38.1 Å². The second kappa shape index (κ2) is 11.4. The van der Waals surface area contributed by atoms with E-state index in [1.165, 1.54) is 5.56 Å². The number of carbonyl (C=O) groups is 3. The van der Waals surface area contributed by atoms with Crippen LogP contribution in [0.5, 0.6) is 0 Å². The van der Waals surface area contributed by atoms with Crippen LogP contribution in [0.1, 0.15) is 40.7 Å². The highest BCUT2D eigenvalue weighted by Crippen LogP contribution is 2.27. The van der Waals surface area contributed by atoms with Gasteiger partial charge < -0.3 is 21.1 Å². The number of aryl methyl sites for hydroxylation is 1. The zero-order chi connectivity index (χ0) is 22.9. The Morgan fingerprint density at radius 3 is 2.38 bits per heavy atom. The van der Waals surface area contributed by atoms with Gasteiger partial charge in [-0.15, -0.1) is 0 Å². The normalized spacial score (nSPS) is 18.0. The van der Waals surface area contributed by atoms with E-state index in [1.807, 2.05) is 30.3 Å². The van der Waals surface area contributed by atoms with Crippen LogP contribution in [0.4, 0.5) is 0 Å². The third kappa shape index (κ3) is 6.40. The molecule has 0 unspecified atom stereocenters. The second-order valence-electron chi connectivity index (χ2n) is 8.25. The molecule has 0 radical (unpaired) electrons. The van der Waals surface area contributed by atoms with Crippen molar-refractivity contribution in [2.24, 2.45) is 11.7 Å². The lowest BCUT2D eigenvalue weighted by molar-refractivity contribution is -0.142. The molecule has 2 aromatic carbocycles. The molecule has 1 saturated heterocycles. The summed E-state index contributed by atoms with van der Waals surface area (Å²) in [5.41, 5.74) is 8.38. The molecular weight excluding hydrogens is 406 g/mol. The second-order valence-corrected chi connectivity index (χ2v) is 8.25. The van der Waals surface area contributed by atoms with Crippen LogP contribution in [0.25, 0.3) is 0 Å². The van der Waals surface area contributed by atoms with Crippen molar-refractivity contribution >= 4 is 17.8 Å². The predicted octanol–water partition coefficient (Wildman–Crippen LogP) is 2.24. The molecule has 2 amide bonds. The summed E-state index contributed by atoms with van der Waals surface area (Å²) in [7, 11) is 0. The number of benzene rings is 2. The van der Waals surface area contributed by atoms with Crippen LogP contribution in [0, 0.1) is 5.92 Å². The Morgan fingerprint density at radius 1 is 1.03 bits per heavy atom. The van der Waals surface area contributed by atoms with Crippen LogP contribution in [-0.2, 0) is 22.4 Å². The highest BCUT2D eigenvalue weighted by atomic mass is 16.4. The molecule has 32 heavy (non-hydrogen) atoms. The summed E-state index contributed by atoms with van der Waals surface area (Å²) in [6.07, 6.45) is 2.63. The first-order valence-electron chi connectivity index (χ1n) is 11.1. The van der Waals surface area contributed by atoms with Crippen molar-refractivity contribution in [3.05, 3.63) is 71.3 Å². The first-order valence-corrected chi connectivity index (χ1v) is 11.1. The van der Waals surface area contributed by atoms with E-state index < -0.39 is 11.9 Å². The van der Waals surface area contributed by atoms with Gasteiger partial charge in [0.05, 0.1) is 12.3 Å². The SMILES string of the molecule is NCCc1ccc(C(=O)NC[C@@H]2C[C@@H](CC(=O)O)C(=O)N2CCCc2ccccc2)cc1. The lowest BCUT2D eigenvalue weighted by Gasteiger charge is -2.25. The molecule has 1 heterocycles. The fourth-order valence-electron chi connectivity index (χ4n) is 4.24. The molecule has 0 saturated carbocycles. The highest BCUT2D eigenvalue weighted by Gasteiger charge is 2.40. The summed E-state index contributed by atoms with van der Waals surface area (Å²) in [5.74, 6) is -1.86. The van der Waals surface area contributed by atoms with E-state index in [1.54, 1.807) is 17.0 Å². The first-order chi connectivity index (χ1) is 15.5. The Labute approximate surface area is 188 Å². The summed E-state index contributed by atoms with van der Waals surface area (Å²) >= 11 is 0. The van der Waals surface area contributed by atoms with Gasteiger partial charge in [-0.3, -0.25) is 14.4 Å². The molecule has 0 aromatic heterocycles. The number of amides is 2. The minimum absolute atomic E-state index is 0.133. The molecule has 3 rings (SSSR count). The predicted molar refractivity (Wildman–Crippen MR) is 122 cm³/mol. The largest absolute Gasteiger partial charge is 0.481 e. The number of carboxylic acid groups (broad SMARTS) is 1. The van der Waals surface area contributed by atoms with Crippen LogP contribution >= 0.6 is 0 Å². The summed E-state index contributed by atoms with van der Waals surface area (Å²) in [6.45, 7) is 1.40. The minimum atomic E-state index is -0.977. The third-order valence-corrected chi connectivity index (χ3v) is 5.91. The summed E-state index contributed by atoms with van der Waals surface area (Å²) in [5, 5.41) is 12.1. The summed E-state index contributed by atoms with van der Waals surface area (Å²) in [6, 6.07) is 17.2. The fourth-order valence-corrected chi connectivity index (χ4v) is 4.24. The molecule has 1 fully saturated rings. The molecule has 0 bridgehead atoms. The van der Waals surface area contributed by atoms with Crippen LogP contribution in [0.3, 0.4) is 0 Å². The van der Waals surface area contributed by atoms with Crippen molar-refractivity contribution in [1.82, 2.24) is 10.2 Å². The maximum atomic E-state index is 12.8. The number of nitrogens with one attached hydrogen (secondary N) is 1. The van der Waals surface area contributed by atoms with E-state index in [0.29, 0.717) is 31.6 Å². The van der Waals surface area contributed by atoms with Gasteiger partial charge in [0.2, 0.25) is 5.91 Å². The molecule has 0 spiro atoms. The zero-order valence-corrected chi connectivity index (χ0v) is 18.2. The summed E-state index contributed by atoms with van der Waals surface area (Å²) in [4.78, 5) is 38.4. The molecule has 7 heteroatoms. The van der Waals surface area contributed by atoms with Crippen molar-refractivity contribution in [3.63, 3.8) is 0 Å². The van der Waals surface area contributed by atoms with E-state index in [2.05, 4.69) is 17.4 Å². The van der Waals surface area contributed by atoms with Crippen molar-refractivity contribution in [3.8, 4) is 0 Å². The average molecular weight is 438 g/mol. The molecule has 0 aliphatic carbocycles. The molecule has 1 aliphatic heterocycles. The Kier molecular flexibility index (Phi) is 8.39. The highest BCUT2D eigenvalue weighted by molar-refractivity contribution is 5.94. The molecule has 1 aliphatic rings. The van der Waals surface area contributed by atoms with Gasteiger partial charge in [0, 0.05) is 24.7 Å². The van der Waals surface area contributed by atoms with E-state index >= 15 is 0 Å². The Balaban J connectivity index is 1.59. The topological polar surface area (TPSA) is 113 Å². The number of carboxylic acids is 1. The van der Waals surface area contributed by atoms with Gasteiger partial charge in [-0.25, -0.2) is 0 Å². The standard InChI is InChI=1S/C25H31N3O4/c26-13-12-19-8-10-20(11-9-19)24(31)27-17-22-15-21(16-23(29)30)25(32)28(22)14-4-7-18-5-2-1-3-6-18/h1-3,5-6,8-11,21-22H,4,7,12-17,26H2,(H,27,31)(H,29,30)/t21-,22-/m0/s1. The Morgan fingerprint density at radius 2 is 1.72 bits per heavy atom. The van der Waals surface area contributed by atoms with E-state index in [9.17, 15) is 14.4 Å². The Bertz CT molecular complexity index is 915.